The average Bonchev–Trinajstić information content (AvgIpc) is 1.82. The molecule has 0 aromatic rings. The molecule has 0 unspecified atom stereocenters. The number of rotatable bonds is 1. The van der Waals surface area contributed by atoms with Gasteiger partial charge in [-0.15, -0.1) is 0 Å². The second kappa shape index (κ2) is 4.94. The first kappa shape index (κ1) is 16.1. The Morgan fingerprint density at radius 3 is 1.36 bits per heavy atom. The van der Waals surface area contributed by atoms with Gasteiger partial charge in [0.2, 0.25) is 0 Å². The van der Waals surface area contributed by atoms with Crippen molar-refractivity contribution in [3.63, 3.8) is 0 Å². The van der Waals surface area contributed by atoms with Crippen LogP contribution >= 0.6 is 0 Å². The van der Waals surface area contributed by atoms with Gasteiger partial charge in [-0.1, -0.05) is 0 Å². The third-order valence-corrected chi connectivity index (χ3v) is 1.80. The van der Waals surface area contributed by atoms with Crippen molar-refractivity contribution in [3.8, 4) is 0 Å². The molecule has 0 atom stereocenters. The highest BCUT2D eigenvalue weighted by molar-refractivity contribution is 7.86. The predicted octanol–water partition coefficient (Wildman–Crippen LogP) is 0.764. The van der Waals surface area contributed by atoms with Crippen LogP contribution in [0.25, 0.3) is 0 Å². The summed E-state index contributed by atoms with van der Waals surface area (Å²) < 4.78 is 60.0. The largest absolute Gasteiger partial charge is 0.741 e. The Bertz CT molecular complexity index is 252. The van der Waals surface area contributed by atoms with Crippen molar-refractivity contribution in [1.29, 1.82) is 0 Å². The van der Waals surface area contributed by atoms with E-state index in [0.717, 1.165) is 4.48 Å². The lowest BCUT2D eigenvalue weighted by atomic mass is 10.6. The van der Waals surface area contributed by atoms with E-state index >= 15 is 0 Å². The van der Waals surface area contributed by atoms with E-state index in [4.69, 9.17) is 13.0 Å². The molecule has 0 aromatic heterocycles. The second-order valence-corrected chi connectivity index (χ2v) is 4.88. The third-order valence-electron chi connectivity index (χ3n) is 1.23. The molecule has 0 bridgehead atoms. The number of quaternary nitrogens is 1. The molecule has 0 aliphatic heterocycles. The molecular formula is C6H14F3NO3S. The van der Waals surface area contributed by atoms with Crippen LogP contribution in [0.5, 0.6) is 0 Å². The Balaban J connectivity index is 0. The normalized spacial score (nSPS) is 13.1. The van der Waals surface area contributed by atoms with Crippen LogP contribution in [0, 0.1) is 0 Å². The molecular weight excluding hydrogens is 223 g/mol. The molecule has 0 aliphatic rings. The maximum atomic E-state index is 10.7. The molecule has 0 saturated carbocycles. The van der Waals surface area contributed by atoms with Gasteiger partial charge in [-0.2, -0.15) is 13.2 Å². The Labute approximate surface area is 81.7 Å². The first-order valence-electron chi connectivity index (χ1n) is 3.64. The molecule has 0 spiro atoms. The van der Waals surface area contributed by atoms with Crippen LogP contribution in [0.2, 0.25) is 0 Å². The van der Waals surface area contributed by atoms with Crippen molar-refractivity contribution >= 4 is 10.1 Å². The lowest BCUT2D eigenvalue weighted by Crippen LogP contribution is -2.33. The average molecular weight is 237 g/mol. The monoisotopic (exact) mass is 237 g/mol. The first-order valence-corrected chi connectivity index (χ1v) is 5.04. The highest BCUT2D eigenvalue weighted by Crippen LogP contribution is 2.20. The molecule has 0 amide bonds. The minimum atomic E-state index is -6.09. The summed E-state index contributed by atoms with van der Waals surface area (Å²) in [4.78, 5) is 0. The molecule has 0 aromatic carbocycles. The SMILES string of the molecule is CC[N+](C)(C)C.O=S(=O)([O-])C(F)(F)F. The summed E-state index contributed by atoms with van der Waals surface area (Å²) in [5.74, 6) is 0. The molecule has 88 valence electrons. The van der Waals surface area contributed by atoms with Gasteiger partial charge in [-0.3, -0.25) is 0 Å². The van der Waals surface area contributed by atoms with Gasteiger partial charge in [0, 0.05) is 0 Å². The number of hydrogen-bond acceptors (Lipinski definition) is 3. The third kappa shape index (κ3) is 9.75. The number of alkyl halides is 3. The molecule has 0 saturated heterocycles. The smallest absolute Gasteiger partial charge is 0.485 e. The van der Waals surface area contributed by atoms with Crippen molar-refractivity contribution in [2.24, 2.45) is 0 Å². The Morgan fingerprint density at radius 1 is 1.21 bits per heavy atom. The van der Waals surface area contributed by atoms with Gasteiger partial charge in [-0.05, 0) is 6.92 Å². The first-order chi connectivity index (χ1) is 5.81. The predicted molar refractivity (Wildman–Crippen MR) is 44.3 cm³/mol. The lowest BCUT2D eigenvalue weighted by molar-refractivity contribution is -0.868. The van der Waals surface area contributed by atoms with Crippen LogP contribution in [0.4, 0.5) is 13.2 Å². The highest BCUT2D eigenvalue weighted by atomic mass is 32.2. The molecule has 0 fully saturated rings. The summed E-state index contributed by atoms with van der Waals surface area (Å²) in [7, 11) is 0.451. The maximum Gasteiger partial charge on any atom is 0.485 e. The molecule has 0 rings (SSSR count). The zero-order valence-electron chi connectivity index (χ0n) is 8.42. The van der Waals surface area contributed by atoms with E-state index in [9.17, 15) is 13.2 Å². The number of nitrogens with zero attached hydrogens (tertiary/aromatic N) is 1. The van der Waals surface area contributed by atoms with Crippen LogP contribution < -0.4 is 0 Å². The van der Waals surface area contributed by atoms with E-state index in [1.165, 1.54) is 6.54 Å². The minimum absolute atomic E-state index is 1.07. The van der Waals surface area contributed by atoms with E-state index in [1.807, 2.05) is 0 Å². The second-order valence-electron chi connectivity index (χ2n) is 3.51. The quantitative estimate of drug-likeness (QED) is 0.384. The molecule has 0 radical (unpaired) electrons. The maximum absolute atomic E-state index is 10.7. The minimum Gasteiger partial charge on any atom is -0.741 e. The summed E-state index contributed by atoms with van der Waals surface area (Å²) in [6.07, 6.45) is 0. The van der Waals surface area contributed by atoms with Crippen LogP contribution in [0.15, 0.2) is 0 Å². The molecule has 8 heteroatoms. The fraction of sp³-hybridized carbons (Fsp3) is 1.00. The number of halogens is 3. The van der Waals surface area contributed by atoms with Crippen molar-refractivity contribution in [2.75, 3.05) is 27.7 Å². The Kier molecular flexibility index (Phi) is 5.69. The summed E-state index contributed by atoms with van der Waals surface area (Å²) in [5.41, 5.74) is -5.65. The van der Waals surface area contributed by atoms with Gasteiger partial charge in [0.25, 0.3) is 0 Å². The van der Waals surface area contributed by atoms with Gasteiger partial charge < -0.3 is 9.04 Å². The lowest BCUT2D eigenvalue weighted by Gasteiger charge is -2.20. The fourth-order valence-electron chi connectivity index (χ4n) is 0. The zero-order valence-corrected chi connectivity index (χ0v) is 9.24. The van der Waals surface area contributed by atoms with Crippen LogP contribution in [0.1, 0.15) is 6.92 Å². The van der Waals surface area contributed by atoms with Gasteiger partial charge in [0.05, 0.1) is 27.7 Å². The van der Waals surface area contributed by atoms with Crippen LogP contribution in [-0.2, 0) is 10.1 Å². The zero-order chi connectivity index (χ0) is 12.2. The van der Waals surface area contributed by atoms with Crippen LogP contribution in [0.3, 0.4) is 0 Å². The van der Waals surface area contributed by atoms with Crippen LogP contribution in [-0.4, -0.2) is 50.6 Å². The van der Waals surface area contributed by atoms with Crippen molar-refractivity contribution < 1.29 is 30.6 Å². The fourth-order valence-corrected chi connectivity index (χ4v) is 0. The molecule has 0 aliphatic carbocycles. The van der Waals surface area contributed by atoms with Crippen molar-refractivity contribution in [3.05, 3.63) is 0 Å². The summed E-state index contributed by atoms with van der Waals surface area (Å²) in [6.45, 7) is 3.39. The van der Waals surface area contributed by atoms with Crippen molar-refractivity contribution in [2.45, 2.75) is 12.4 Å². The van der Waals surface area contributed by atoms with E-state index in [2.05, 4.69) is 28.1 Å². The van der Waals surface area contributed by atoms with Crippen molar-refractivity contribution in [1.82, 2.24) is 0 Å². The molecule has 0 N–H and O–H groups in total. The highest BCUT2D eigenvalue weighted by Gasteiger charge is 2.36. The molecule has 4 nitrogen and oxygen atoms in total. The summed E-state index contributed by atoms with van der Waals surface area (Å²) in [6, 6.07) is 0. The summed E-state index contributed by atoms with van der Waals surface area (Å²) >= 11 is 0. The Hall–Kier alpha value is -0.340. The van der Waals surface area contributed by atoms with Gasteiger partial charge in [0.1, 0.15) is 0 Å². The van der Waals surface area contributed by atoms with E-state index in [0.29, 0.717) is 0 Å². The van der Waals surface area contributed by atoms with E-state index in [-0.39, 0.29) is 0 Å². The number of hydrogen-bond donors (Lipinski definition) is 0. The van der Waals surface area contributed by atoms with E-state index < -0.39 is 15.6 Å². The van der Waals surface area contributed by atoms with Gasteiger partial charge in [-0.25, -0.2) is 8.42 Å². The topological polar surface area (TPSA) is 57.2 Å². The molecule has 0 heterocycles. The summed E-state index contributed by atoms with van der Waals surface area (Å²) in [5, 5.41) is 0. The Morgan fingerprint density at radius 2 is 1.36 bits per heavy atom. The van der Waals surface area contributed by atoms with E-state index in [1.54, 1.807) is 0 Å². The van der Waals surface area contributed by atoms with Gasteiger partial charge >= 0.3 is 5.51 Å². The molecule has 14 heavy (non-hydrogen) atoms. The van der Waals surface area contributed by atoms with Gasteiger partial charge in [0.15, 0.2) is 10.1 Å². The standard InChI is InChI=1S/C5H14N.CHF3O3S/c1-5-6(2,3)4;2-1(3,4)8(5,6)7/h5H2,1-4H3;(H,5,6,7)/q+1;/p-1.